The predicted molar refractivity (Wildman–Crippen MR) is 84.9 cm³/mol. The molecule has 1 aromatic carbocycles. The fraction of sp³-hybridized carbons (Fsp3) is 0.188. The van der Waals surface area contributed by atoms with Gasteiger partial charge in [0.15, 0.2) is 0 Å². The van der Waals surface area contributed by atoms with Gasteiger partial charge in [-0.2, -0.15) is 5.26 Å². The van der Waals surface area contributed by atoms with Crippen molar-refractivity contribution in [3.8, 4) is 6.07 Å². The van der Waals surface area contributed by atoms with E-state index in [4.69, 9.17) is 9.47 Å². The van der Waals surface area contributed by atoms with Crippen molar-refractivity contribution in [2.75, 3.05) is 25.9 Å². The van der Waals surface area contributed by atoms with Crippen molar-refractivity contribution in [3.05, 3.63) is 41.6 Å². The first-order valence-corrected chi connectivity index (χ1v) is 7.57. The molecule has 0 atom stereocenters. The summed E-state index contributed by atoms with van der Waals surface area (Å²) in [4.78, 5) is 19.7. The van der Waals surface area contributed by atoms with Crippen LogP contribution in [-0.2, 0) is 9.47 Å². The predicted octanol–water partition coefficient (Wildman–Crippen LogP) is 2.95. The van der Waals surface area contributed by atoms with Crippen LogP contribution in [0.3, 0.4) is 0 Å². The Balaban J connectivity index is 2.16. The molecule has 1 aromatic heterocycles. The van der Waals surface area contributed by atoms with Gasteiger partial charge in [0.2, 0.25) is 0 Å². The number of nitriles is 1. The highest BCUT2D eigenvalue weighted by atomic mass is 32.2. The van der Waals surface area contributed by atoms with Gasteiger partial charge in [0, 0.05) is 18.2 Å². The molecule has 2 aromatic rings. The maximum atomic E-state index is 11.8. The van der Waals surface area contributed by atoms with Crippen LogP contribution in [0.2, 0.25) is 0 Å². The lowest BCUT2D eigenvalue weighted by atomic mass is 10.1. The number of ether oxygens (including phenoxy) is 2. The van der Waals surface area contributed by atoms with Gasteiger partial charge < -0.3 is 14.4 Å². The number of aromatic nitrogens is 1. The highest BCUT2D eigenvalue weighted by Crippen LogP contribution is 2.48. The number of hydrogen-bond acceptors (Lipinski definition) is 7. The number of hydrogen-bond donors (Lipinski definition) is 0. The summed E-state index contributed by atoms with van der Waals surface area (Å²) in [5.74, 6) is 0.241. The van der Waals surface area contributed by atoms with Crippen LogP contribution in [0.15, 0.2) is 40.3 Å². The monoisotopic (exact) mass is 327 g/mol. The van der Waals surface area contributed by atoms with E-state index in [1.165, 1.54) is 18.9 Å². The fourth-order valence-electron chi connectivity index (χ4n) is 2.36. The zero-order valence-corrected chi connectivity index (χ0v) is 13.4. The molecule has 0 saturated heterocycles. The molecule has 0 aliphatic carbocycles. The molecule has 0 saturated carbocycles. The van der Waals surface area contributed by atoms with E-state index >= 15 is 0 Å². The number of carbonyl (C=O) groups excluding carboxylic acids is 1. The number of nitrogens with zero attached hydrogens (tertiary/aromatic N) is 3. The third-order valence-electron chi connectivity index (χ3n) is 3.40. The molecule has 23 heavy (non-hydrogen) atoms. The SMILES string of the molecule is COCN1c2cc(C(=O)OC)ccc2Sc2c(C#N)ccnc21. The largest absolute Gasteiger partial charge is 0.465 e. The van der Waals surface area contributed by atoms with Crippen molar-refractivity contribution in [1.82, 2.24) is 4.98 Å². The van der Waals surface area contributed by atoms with Crippen LogP contribution < -0.4 is 4.90 Å². The molecule has 2 heterocycles. The number of pyridine rings is 1. The smallest absolute Gasteiger partial charge is 0.337 e. The number of benzene rings is 1. The Bertz CT molecular complexity index is 817. The van der Waals surface area contributed by atoms with E-state index in [0.29, 0.717) is 16.9 Å². The normalized spacial score (nSPS) is 12.1. The van der Waals surface area contributed by atoms with Crippen molar-refractivity contribution < 1.29 is 14.3 Å². The quantitative estimate of drug-likeness (QED) is 0.802. The lowest BCUT2D eigenvalue weighted by Gasteiger charge is -2.31. The maximum Gasteiger partial charge on any atom is 0.337 e. The van der Waals surface area contributed by atoms with Crippen molar-refractivity contribution in [2.45, 2.75) is 9.79 Å². The number of esters is 1. The third kappa shape index (κ3) is 2.63. The lowest BCUT2D eigenvalue weighted by molar-refractivity contribution is 0.0600. The average Bonchev–Trinajstić information content (AvgIpc) is 2.60. The van der Waals surface area contributed by atoms with Gasteiger partial charge in [-0.15, -0.1) is 0 Å². The van der Waals surface area contributed by atoms with Gasteiger partial charge in [-0.1, -0.05) is 11.8 Å². The highest BCUT2D eigenvalue weighted by Gasteiger charge is 2.27. The number of fused-ring (bicyclic) bond motifs is 2. The van der Waals surface area contributed by atoms with Gasteiger partial charge in [0.1, 0.15) is 18.6 Å². The Labute approximate surface area is 137 Å². The highest BCUT2D eigenvalue weighted by molar-refractivity contribution is 7.99. The van der Waals surface area contributed by atoms with Gasteiger partial charge in [-0.05, 0) is 24.3 Å². The molecule has 1 aliphatic heterocycles. The minimum atomic E-state index is -0.403. The molecular weight excluding hydrogens is 314 g/mol. The third-order valence-corrected chi connectivity index (χ3v) is 4.57. The van der Waals surface area contributed by atoms with Crippen LogP contribution in [0.25, 0.3) is 0 Å². The van der Waals surface area contributed by atoms with Gasteiger partial charge in [-0.3, -0.25) is 0 Å². The Morgan fingerprint density at radius 1 is 1.39 bits per heavy atom. The summed E-state index contributed by atoms with van der Waals surface area (Å²) >= 11 is 1.46. The van der Waals surface area contributed by atoms with E-state index in [1.807, 2.05) is 11.0 Å². The molecule has 0 fully saturated rings. The van der Waals surface area contributed by atoms with E-state index < -0.39 is 5.97 Å². The Morgan fingerprint density at radius 3 is 2.91 bits per heavy atom. The average molecular weight is 327 g/mol. The molecule has 3 rings (SSSR count). The van der Waals surface area contributed by atoms with E-state index in [2.05, 4.69) is 11.1 Å². The first-order valence-electron chi connectivity index (χ1n) is 6.75. The van der Waals surface area contributed by atoms with Gasteiger partial charge in [0.05, 0.1) is 28.8 Å². The summed E-state index contributed by atoms with van der Waals surface area (Å²) in [6.45, 7) is 0.257. The molecular formula is C16H13N3O3S. The molecule has 1 aliphatic rings. The van der Waals surface area contributed by atoms with E-state index in [-0.39, 0.29) is 6.73 Å². The summed E-state index contributed by atoms with van der Waals surface area (Å²) in [5, 5.41) is 9.30. The molecule has 0 N–H and O–H groups in total. The first-order chi connectivity index (χ1) is 11.2. The second kappa shape index (κ2) is 6.28. The number of rotatable bonds is 3. The summed E-state index contributed by atoms with van der Waals surface area (Å²) in [6, 6.07) is 9.16. The molecule has 116 valence electrons. The molecule has 0 unspecified atom stereocenters. The van der Waals surface area contributed by atoms with Crippen LogP contribution in [0.1, 0.15) is 15.9 Å². The maximum absolute atomic E-state index is 11.8. The van der Waals surface area contributed by atoms with Gasteiger partial charge >= 0.3 is 5.97 Å². The molecule has 0 bridgehead atoms. The Hall–Kier alpha value is -2.56. The summed E-state index contributed by atoms with van der Waals surface area (Å²) in [6.07, 6.45) is 1.59. The van der Waals surface area contributed by atoms with E-state index in [0.717, 1.165) is 15.5 Å². The molecule has 0 radical (unpaired) electrons. The molecule has 6 nitrogen and oxygen atoms in total. The zero-order chi connectivity index (χ0) is 16.4. The second-order valence-electron chi connectivity index (χ2n) is 4.75. The second-order valence-corrected chi connectivity index (χ2v) is 5.80. The molecule has 0 amide bonds. The van der Waals surface area contributed by atoms with Crippen LogP contribution in [0.4, 0.5) is 11.5 Å². The molecule has 0 spiro atoms. The van der Waals surface area contributed by atoms with E-state index in [9.17, 15) is 10.1 Å². The van der Waals surface area contributed by atoms with Crippen molar-refractivity contribution in [2.24, 2.45) is 0 Å². The molecule has 7 heteroatoms. The van der Waals surface area contributed by atoms with Crippen molar-refractivity contribution >= 4 is 29.2 Å². The zero-order valence-electron chi connectivity index (χ0n) is 12.6. The number of methoxy groups -OCH3 is 2. The van der Waals surface area contributed by atoms with Gasteiger partial charge in [0.25, 0.3) is 0 Å². The number of anilines is 2. The Kier molecular flexibility index (Phi) is 4.19. The van der Waals surface area contributed by atoms with Crippen LogP contribution in [-0.4, -0.2) is 31.9 Å². The fourth-order valence-corrected chi connectivity index (χ4v) is 3.47. The minimum absolute atomic E-state index is 0.257. The van der Waals surface area contributed by atoms with E-state index in [1.54, 1.807) is 31.5 Å². The first kappa shape index (κ1) is 15.3. The van der Waals surface area contributed by atoms with Crippen LogP contribution in [0.5, 0.6) is 0 Å². The van der Waals surface area contributed by atoms with Gasteiger partial charge in [-0.25, -0.2) is 9.78 Å². The minimum Gasteiger partial charge on any atom is -0.465 e. The summed E-state index contributed by atoms with van der Waals surface area (Å²) < 4.78 is 10.0. The topological polar surface area (TPSA) is 75.4 Å². The summed E-state index contributed by atoms with van der Waals surface area (Å²) in [5.41, 5.74) is 1.81. The summed E-state index contributed by atoms with van der Waals surface area (Å²) in [7, 11) is 2.93. The number of carbonyl (C=O) groups is 1. The van der Waals surface area contributed by atoms with Crippen LogP contribution >= 0.6 is 11.8 Å². The standard InChI is InChI=1S/C16H13N3O3S/c1-21-9-19-12-7-10(16(20)22-2)3-4-13(12)23-14-11(8-17)5-6-18-15(14)19/h3-7H,9H2,1-2H3. The van der Waals surface area contributed by atoms with Crippen LogP contribution in [0, 0.1) is 11.3 Å². The van der Waals surface area contributed by atoms with Crippen molar-refractivity contribution in [3.63, 3.8) is 0 Å². The lowest BCUT2D eigenvalue weighted by Crippen LogP contribution is -2.25. The Morgan fingerprint density at radius 2 is 2.22 bits per heavy atom. The van der Waals surface area contributed by atoms with Crippen molar-refractivity contribution in [1.29, 1.82) is 5.26 Å².